The summed E-state index contributed by atoms with van der Waals surface area (Å²) in [4.78, 5) is 12.6. The van der Waals surface area contributed by atoms with Crippen molar-refractivity contribution in [3.8, 4) is 0 Å². The van der Waals surface area contributed by atoms with Gasteiger partial charge in [0.2, 0.25) is 0 Å². The van der Waals surface area contributed by atoms with Crippen molar-refractivity contribution in [3.05, 3.63) is 87.9 Å². The molecular weight excluding hydrogens is 431 g/mol. The number of anilines is 2. The molecule has 1 N–H and O–H groups in total. The van der Waals surface area contributed by atoms with Crippen molar-refractivity contribution in [2.75, 3.05) is 16.7 Å². The Morgan fingerprint density at radius 1 is 0.966 bits per heavy atom. The Morgan fingerprint density at radius 3 is 2.38 bits per heavy atom. The summed E-state index contributed by atoms with van der Waals surface area (Å²) >= 11 is 12.1. The molecule has 0 heterocycles. The predicted molar refractivity (Wildman–Crippen MR) is 118 cm³/mol. The highest BCUT2D eigenvalue weighted by atomic mass is 35.5. The van der Waals surface area contributed by atoms with Crippen molar-refractivity contribution in [1.29, 1.82) is 0 Å². The van der Waals surface area contributed by atoms with Gasteiger partial charge in [-0.25, -0.2) is 8.42 Å². The van der Waals surface area contributed by atoms with Gasteiger partial charge in [-0.2, -0.15) is 0 Å². The Bertz CT molecular complexity index is 1180. The second-order valence-electron chi connectivity index (χ2n) is 6.42. The molecule has 3 rings (SSSR count). The zero-order valence-corrected chi connectivity index (χ0v) is 18.0. The van der Waals surface area contributed by atoms with Crippen LogP contribution in [0.3, 0.4) is 0 Å². The summed E-state index contributed by atoms with van der Waals surface area (Å²) in [5.41, 5.74) is 2.03. The topological polar surface area (TPSA) is 66.5 Å². The van der Waals surface area contributed by atoms with Gasteiger partial charge >= 0.3 is 0 Å². The van der Waals surface area contributed by atoms with Crippen LogP contribution in [0.1, 0.15) is 15.9 Å². The van der Waals surface area contributed by atoms with Crippen LogP contribution in [-0.4, -0.2) is 21.4 Å². The third kappa shape index (κ3) is 4.72. The molecule has 0 saturated carbocycles. The number of hydrogen-bond donors (Lipinski definition) is 1. The van der Waals surface area contributed by atoms with E-state index in [1.54, 1.807) is 36.4 Å². The smallest absolute Gasteiger partial charge is 0.264 e. The molecule has 0 unspecified atom stereocenters. The first-order chi connectivity index (χ1) is 13.7. The first-order valence-electron chi connectivity index (χ1n) is 8.60. The Hall–Kier alpha value is -2.54. The molecule has 29 heavy (non-hydrogen) atoms. The number of benzene rings is 3. The van der Waals surface area contributed by atoms with E-state index in [1.807, 2.05) is 13.0 Å². The highest BCUT2D eigenvalue weighted by Gasteiger charge is 2.23. The maximum absolute atomic E-state index is 13.0. The molecule has 0 aliphatic rings. The van der Waals surface area contributed by atoms with Crippen LogP contribution in [-0.2, 0) is 10.0 Å². The third-order valence-electron chi connectivity index (χ3n) is 4.30. The van der Waals surface area contributed by atoms with E-state index in [0.717, 1.165) is 9.87 Å². The Morgan fingerprint density at radius 2 is 1.69 bits per heavy atom. The summed E-state index contributed by atoms with van der Waals surface area (Å²) < 4.78 is 27.1. The summed E-state index contributed by atoms with van der Waals surface area (Å²) in [6, 6.07) is 17.6. The van der Waals surface area contributed by atoms with Crippen molar-refractivity contribution >= 4 is 50.5 Å². The average Bonchev–Trinajstić information content (AvgIpc) is 2.69. The molecule has 8 heteroatoms. The van der Waals surface area contributed by atoms with E-state index in [9.17, 15) is 13.2 Å². The van der Waals surface area contributed by atoms with Gasteiger partial charge in [-0.1, -0.05) is 41.4 Å². The van der Waals surface area contributed by atoms with Crippen molar-refractivity contribution in [1.82, 2.24) is 0 Å². The fourth-order valence-corrected chi connectivity index (χ4v) is 4.38. The molecule has 150 valence electrons. The lowest BCUT2D eigenvalue weighted by Crippen LogP contribution is -2.26. The molecule has 5 nitrogen and oxygen atoms in total. The van der Waals surface area contributed by atoms with Crippen molar-refractivity contribution in [3.63, 3.8) is 0 Å². The monoisotopic (exact) mass is 448 g/mol. The number of halogens is 2. The first kappa shape index (κ1) is 21.2. The molecule has 1 amide bonds. The fourth-order valence-electron chi connectivity index (χ4n) is 2.68. The summed E-state index contributed by atoms with van der Waals surface area (Å²) in [6.45, 7) is 1.89. The normalized spacial score (nSPS) is 11.2. The number of sulfonamides is 1. The van der Waals surface area contributed by atoms with Crippen molar-refractivity contribution in [2.24, 2.45) is 0 Å². The third-order valence-corrected chi connectivity index (χ3v) is 6.63. The number of carbonyl (C=O) groups excluding carboxylic acids is 1. The number of aryl methyl sites for hydroxylation is 1. The van der Waals surface area contributed by atoms with Crippen molar-refractivity contribution in [2.45, 2.75) is 11.8 Å². The minimum Gasteiger partial charge on any atom is -0.321 e. The molecule has 0 aliphatic heterocycles. The zero-order valence-electron chi connectivity index (χ0n) is 15.7. The largest absolute Gasteiger partial charge is 0.321 e. The van der Waals surface area contributed by atoms with Crippen LogP contribution in [0.4, 0.5) is 11.4 Å². The molecule has 0 atom stereocenters. The minimum atomic E-state index is -3.88. The predicted octanol–water partition coefficient (Wildman–Crippen LogP) is 5.38. The summed E-state index contributed by atoms with van der Waals surface area (Å²) in [5, 5.41) is 3.53. The molecule has 3 aromatic rings. The van der Waals surface area contributed by atoms with E-state index in [0.29, 0.717) is 21.4 Å². The summed E-state index contributed by atoms with van der Waals surface area (Å²) in [5.74, 6) is -0.460. The number of carbonyl (C=O) groups is 1. The lowest BCUT2D eigenvalue weighted by molar-refractivity contribution is 0.102. The van der Waals surface area contributed by atoms with E-state index in [-0.39, 0.29) is 10.5 Å². The van der Waals surface area contributed by atoms with Crippen LogP contribution in [0.5, 0.6) is 0 Å². The number of amides is 1. The van der Waals surface area contributed by atoms with Gasteiger partial charge in [0.15, 0.2) is 0 Å². The lowest BCUT2D eigenvalue weighted by Gasteiger charge is -2.20. The molecule has 0 spiro atoms. The van der Waals surface area contributed by atoms with Gasteiger partial charge in [0.25, 0.3) is 15.9 Å². The lowest BCUT2D eigenvalue weighted by atomic mass is 10.2. The van der Waals surface area contributed by atoms with Gasteiger partial charge in [-0.15, -0.1) is 0 Å². The maximum Gasteiger partial charge on any atom is 0.264 e. The maximum atomic E-state index is 13.0. The van der Waals surface area contributed by atoms with Crippen LogP contribution in [0.2, 0.25) is 10.0 Å². The van der Waals surface area contributed by atoms with Gasteiger partial charge in [0.05, 0.1) is 21.3 Å². The Labute approximate surface area is 179 Å². The SMILES string of the molecule is Cc1ccc(NC(=O)c2cccc(S(=O)(=O)N(C)c3cccc(Cl)c3)c2)c(Cl)c1. The highest BCUT2D eigenvalue weighted by molar-refractivity contribution is 7.92. The van der Waals surface area contributed by atoms with Gasteiger partial charge in [0.1, 0.15) is 0 Å². The Kier molecular flexibility index (Phi) is 6.17. The molecule has 0 fully saturated rings. The van der Waals surface area contributed by atoms with E-state index in [1.165, 1.54) is 31.3 Å². The van der Waals surface area contributed by atoms with Gasteiger partial charge in [-0.05, 0) is 61.0 Å². The fraction of sp³-hybridized carbons (Fsp3) is 0.0952. The van der Waals surface area contributed by atoms with Crippen LogP contribution >= 0.6 is 23.2 Å². The minimum absolute atomic E-state index is 0.0115. The van der Waals surface area contributed by atoms with Gasteiger partial charge in [-0.3, -0.25) is 9.10 Å². The molecule has 0 radical (unpaired) electrons. The van der Waals surface area contributed by atoms with Crippen LogP contribution < -0.4 is 9.62 Å². The molecule has 0 bridgehead atoms. The average molecular weight is 449 g/mol. The highest BCUT2D eigenvalue weighted by Crippen LogP contribution is 2.26. The zero-order chi connectivity index (χ0) is 21.2. The standard InChI is InChI=1S/C21H18Cl2N2O3S/c1-14-9-10-20(19(23)11-14)24-21(26)15-5-3-8-18(12-15)29(27,28)25(2)17-7-4-6-16(22)13-17/h3-13H,1-2H3,(H,24,26). The first-order valence-corrected chi connectivity index (χ1v) is 10.8. The van der Waals surface area contributed by atoms with E-state index >= 15 is 0 Å². The molecule has 0 saturated heterocycles. The van der Waals surface area contributed by atoms with E-state index < -0.39 is 15.9 Å². The van der Waals surface area contributed by atoms with Crippen molar-refractivity contribution < 1.29 is 13.2 Å². The number of nitrogens with one attached hydrogen (secondary N) is 1. The summed E-state index contributed by atoms with van der Waals surface area (Å²) in [7, 11) is -2.45. The van der Waals surface area contributed by atoms with Crippen LogP contribution in [0.25, 0.3) is 0 Å². The molecule has 0 aliphatic carbocycles. The number of nitrogens with zero attached hydrogens (tertiary/aromatic N) is 1. The molecule has 3 aromatic carbocycles. The second kappa shape index (κ2) is 8.45. The number of rotatable bonds is 5. The van der Waals surface area contributed by atoms with Crippen LogP contribution in [0, 0.1) is 6.92 Å². The quantitative estimate of drug-likeness (QED) is 0.569. The Balaban J connectivity index is 1.89. The van der Waals surface area contributed by atoms with E-state index in [4.69, 9.17) is 23.2 Å². The summed E-state index contributed by atoms with van der Waals surface area (Å²) in [6.07, 6.45) is 0. The second-order valence-corrected chi connectivity index (χ2v) is 9.23. The molecular formula is C21H18Cl2N2O3S. The molecule has 0 aromatic heterocycles. The number of hydrogen-bond acceptors (Lipinski definition) is 3. The van der Waals surface area contributed by atoms with Gasteiger partial charge < -0.3 is 5.32 Å². The van der Waals surface area contributed by atoms with Gasteiger partial charge in [0, 0.05) is 17.6 Å². The van der Waals surface area contributed by atoms with E-state index in [2.05, 4.69) is 5.32 Å². The van der Waals surface area contributed by atoms with Crippen LogP contribution in [0.15, 0.2) is 71.6 Å².